The minimum atomic E-state index is -0.0737. The van der Waals surface area contributed by atoms with E-state index in [1.807, 2.05) is 19.1 Å². The Labute approximate surface area is 103 Å². The Morgan fingerprint density at radius 3 is 2.69 bits per heavy atom. The molecule has 2 rings (SSSR count). The number of ketones is 1. The molecule has 2 N–H and O–H groups in total. The molecule has 0 saturated carbocycles. The largest absolute Gasteiger partial charge is 0.399 e. The van der Waals surface area contributed by atoms with E-state index in [1.165, 1.54) is 11.3 Å². The highest BCUT2D eigenvalue weighted by atomic mass is 35.5. The van der Waals surface area contributed by atoms with E-state index in [4.69, 9.17) is 17.3 Å². The summed E-state index contributed by atoms with van der Waals surface area (Å²) >= 11 is 7.43. The summed E-state index contributed by atoms with van der Waals surface area (Å²) in [6, 6.07) is 8.66. The number of carbonyl (C=O) groups excluding carboxylic acids is 1. The van der Waals surface area contributed by atoms with Gasteiger partial charge < -0.3 is 5.73 Å². The molecular weight excluding hydrogens is 242 g/mol. The molecule has 0 aliphatic heterocycles. The van der Waals surface area contributed by atoms with Crippen LogP contribution in [0.25, 0.3) is 0 Å². The molecule has 1 aromatic carbocycles. The SMILES string of the molecule is Cc1ccc(C(=O)c2cc(N)ccc2Cl)s1. The normalized spacial score (nSPS) is 10.4. The van der Waals surface area contributed by atoms with Crippen LogP contribution < -0.4 is 5.73 Å². The summed E-state index contributed by atoms with van der Waals surface area (Å²) < 4.78 is 0. The van der Waals surface area contributed by atoms with Gasteiger partial charge in [0, 0.05) is 16.1 Å². The van der Waals surface area contributed by atoms with Gasteiger partial charge in [-0.25, -0.2) is 0 Å². The molecule has 0 spiro atoms. The van der Waals surface area contributed by atoms with Crippen LogP contribution in [0.2, 0.25) is 5.02 Å². The summed E-state index contributed by atoms with van der Waals surface area (Å²) in [5.41, 5.74) is 6.65. The van der Waals surface area contributed by atoms with Crippen molar-refractivity contribution >= 4 is 34.4 Å². The lowest BCUT2D eigenvalue weighted by Crippen LogP contribution is -2.00. The minimum Gasteiger partial charge on any atom is -0.399 e. The van der Waals surface area contributed by atoms with Gasteiger partial charge in [-0.05, 0) is 37.3 Å². The highest BCUT2D eigenvalue weighted by Gasteiger charge is 2.14. The highest BCUT2D eigenvalue weighted by Crippen LogP contribution is 2.25. The fraction of sp³-hybridized carbons (Fsp3) is 0.0833. The first-order valence-corrected chi connectivity index (χ1v) is 5.93. The van der Waals surface area contributed by atoms with E-state index >= 15 is 0 Å². The molecule has 0 atom stereocenters. The number of hydrogen-bond acceptors (Lipinski definition) is 3. The van der Waals surface area contributed by atoms with Crippen LogP contribution in [0.3, 0.4) is 0 Å². The van der Waals surface area contributed by atoms with Crippen LogP contribution >= 0.6 is 22.9 Å². The standard InChI is InChI=1S/C12H10ClNOS/c1-7-2-5-11(16-7)12(15)9-6-8(14)3-4-10(9)13/h2-6H,14H2,1H3. The predicted octanol–water partition coefficient (Wildman–Crippen LogP) is 3.52. The molecule has 82 valence electrons. The molecule has 0 aliphatic carbocycles. The number of aryl methyl sites for hydroxylation is 1. The van der Waals surface area contributed by atoms with Gasteiger partial charge in [-0.15, -0.1) is 11.3 Å². The van der Waals surface area contributed by atoms with Crippen LogP contribution in [0.4, 0.5) is 5.69 Å². The van der Waals surface area contributed by atoms with Gasteiger partial charge in [-0.1, -0.05) is 11.6 Å². The number of nitrogen functional groups attached to an aromatic ring is 1. The average Bonchev–Trinajstić information content (AvgIpc) is 2.67. The maximum Gasteiger partial charge on any atom is 0.204 e. The van der Waals surface area contributed by atoms with Gasteiger partial charge in [0.25, 0.3) is 0 Å². The molecule has 0 fully saturated rings. The van der Waals surface area contributed by atoms with Crippen molar-refractivity contribution in [1.29, 1.82) is 0 Å². The third-order valence-electron chi connectivity index (χ3n) is 2.20. The van der Waals surface area contributed by atoms with Crippen molar-refractivity contribution in [2.24, 2.45) is 0 Å². The Balaban J connectivity index is 2.45. The van der Waals surface area contributed by atoms with Crippen LogP contribution in [0.5, 0.6) is 0 Å². The van der Waals surface area contributed by atoms with Gasteiger partial charge in [-0.2, -0.15) is 0 Å². The first kappa shape index (κ1) is 11.2. The Kier molecular flexibility index (Phi) is 2.99. The molecule has 0 aliphatic rings. The zero-order chi connectivity index (χ0) is 11.7. The molecule has 16 heavy (non-hydrogen) atoms. The molecule has 4 heteroatoms. The van der Waals surface area contributed by atoms with E-state index in [2.05, 4.69) is 0 Å². The van der Waals surface area contributed by atoms with Gasteiger partial charge in [0.15, 0.2) is 0 Å². The minimum absolute atomic E-state index is 0.0737. The first-order valence-electron chi connectivity index (χ1n) is 4.74. The molecule has 0 unspecified atom stereocenters. The number of rotatable bonds is 2. The van der Waals surface area contributed by atoms with Crippen LogP contribution in [0.1, 0.15) is 20.1 Å². The van der Waals surface area contributed by atoms with Crippen molar-refractivity contribution in [2.75, 3.05) is 5.73 Å². The second kappa shape index (κ2) is 4.28. The van der Waals surface area contributed by atoms with Crippen molar-refractivity contribution in [3.05, 3.63) is 50.7 Å². The maximum absolute atomic E-state index is 12.1. The van der Waals surface area contributed by atoms with Crippen LogP contribution in [0, 0.1) is 6.92 Å². The zero-order valence-corrected chi connectivity index (χ0v) is 10.2. The summed E-state index contributed by atoms with van der Waals surface area (Å²) in [6.07, 6.45) is 0. The van der Waals surface area contributed by atoms with Crippen molar-refractivity contribution in [3.63, 3.8) is 0 Å². The lowest BCUT2D eigenvalue weighted by atomic mass is 10.1. The number of nitrogens with two attached hydrogens (primary N) is 1. The lowest BCUT2D eigenvalue weighted by Gasteiger charge is -2.02. The summed E-state index contributed by atoms with van der Waals surface area (Å²) in [6.45, 7) is 1.96. The molecule has 2 aromatic rings. The molecule has 0 saturated heterocycles. The third-order valence-corrected chi connectivity index (χ3v) is 3.53. The van der Waals surface area contributed by atoms with Crippen LogP contribution in [0.15, 0.2) is 30.3 Å². The maximum atomic E-state index is 12.1. The number of carbonyl (C=O) groups is 1. The fourth-order valence-corrected chi connectivity index (χ4v) is 2.43. The molecule has 0 radical (unpaired) electrons. The van der Waals surface area contributed by atoms with Crippen molar-refractivity contribution in [3.8, 4) is 0 Å². The molecule has 2 nitrogen and oxygen atoms in total. The first-order chi connectivity index (χ1) is 7.58. The number of anilines is 1. The lowest BCUT2D eigenvalue weighted by molar-refractivity contribution is 0.104. The molecule has 1 heterocycles. The number of halogens is 1. The predicted molar refractivity (Wildman–Crippen MR) is 68.4 cm³/mol. The van der Waals surface area contributed by atoms with Crippen LogP contribution in [-0.4, -0.2) is 5.78 Å². The van der Waals surface area contributed by atoms with Crippen molar-refractivity contribution in [2.45, 2.75) is 6.92 Å². The Hall–Kier alpha value is -1.32. The third kappa shape index (κ3) is 2.10. The topological polar surface area (TPSA) is 43.1 Å². The van der Waals surface area contributed by atoms with E-state index in [-0.39, 0.29) is 5.78 Å². The average molecular weight is 252 g/mol. The number of benzene rings is 1. The van der Waals surface area contributed by atoms with E-state index < -0.39 is 0 Å². The van der Waals surface area contributed by atoms with Gasteiger partial charge >= 0.3 is 0 Å². The quantitative estimate of drug-likeness (QED) is 0.656. The van der Waals surface area contributed by atoms with E-state index in [0.29, 0.717) is 21.2 Å². The summed E-state index contributed by atoms with van der Waals surface area (Å²) in [5, 5.41) is 0.435. The number of thiophene rings is 1. The van der Waals surface area contributed by atoms with Gasteiger partial charge in [0.2, 0.25) is 5.78 Å². The van der Waals surface area contributed by atoms with E-state index in [1.54, 1.807) is 18.2 Å². The van der Waals surface area contributed by atoms with Gasteiger partial charge in [-0.3, -0.25) is 4.79 Å². The monoisotopic (exact) mass is 251 g/mol. The molecular formula is C12H10ClNOS. The summed E-state index contributed by atoms with van der Waals surface area (Å²) in [4.78, 5) is 13.9. The zero-order valence-electron chi connectivity index (χ0n) is 8.66. The Bertz CT molecular complexity index is 548. The van der Waals surface area contributed by atoms with E-state index in [0.717, 1.165) is 4.88 Å². The second-order valence-corrected chi connectivity index (χ2v) is 5.17. The highest BCUT2D eigenvalue weighted by molar-refractivity contribution is 7.14. The second-order valence-electron chi connectivity index (χ2n) is 3.48. The molecule has 0 amide bonds. The van der Waals surface area contributed by atoms with E-state index in [9.17, 15) is 4.79 Å². The molecule has 0 bridgehead atoms. The number of hydrogen-bond donors (Lipinski definition) is 1. The van der Waals surface area contributed by atoms with Crippen LogP contribution in [-0.2, 0) is 0 Å². The van der Waals surface area contributed by atoms with Gasteiger partial charge in [0.05, 0.1) is 9.90 Å². The smallest absolute Gasteiger partial charge is 0.204 e. The molecule has 1 aromatic heterocycles. The fourth-order valence-electron chi connectivity index (χ4n) is 1.41. The Morgan fingerprint density at radius 1 is 1.31 bits per heavy atom. The van der Waals surface area contributed by atoms with Crippen molar-refractivity contribution in [1.82, 2.24) is 0 Å². The van der Waals surface area contributed by atoms with Gasteiger partial charge in [0.1, 0.15) is 0 Å². The van der Waals surface area contributed by atoms with Crippen molar-refractivity contribution < 1.29 is 4.79 Å². The Morgan fingerprint density at radius 2 is 2.06 bits per heavy atom. The summed E-state index contributed by atoms with van der Waals surface area (Å²) in [7, 11) is 0. The summed E-state index contributed by atoms with van der Waals surface area (Å²) in [5.74, 6) is -0.0737.